The van der Waals surface area contributed by atoms with Crippen molar-refractivity contribution in [1.82, 2.24) is 29.9 Å². The highest BCUT2D eigenvalue weighted by Gasteiger charge is 2.26. The first-order valence-electron chi connectivity index (χ1n) is 9.47. The molecule has 2 aromatic heterocycles. The van der Waals surface area contributed by atoms with E-state index in [1.807, 2.05) is 29.4 Å². The van der Waals surface area contributed by atoms with Crippen molar-refractivity contribution in [3.8, 4) is 0 Å². The molecule has 0 radical (unpaired) electrons. The van der Waals surface area contributed by atoms with Gasteiger partial charge in [-0.05, 0) is 37.5 Å². The fraction of sp³-hybridized carbons (Fsp3) is 0.526. The molecule has 4 heterocycles. The molecule has 0 unspecified atom stereocenters. The minimum Gasteiger partial charge on any atom is -0.338 e. The maximum Gasteiger partial charge on any atom is 0.317 e. The lowest BCUT2D eigenvalue weighted by Gasteiger charge is -2.34. The van der Waals surface area contributed by atoms with E-state index in [1.54, 1.807) is 0 Å². The van der Waals surface area contributed by atoms with Crippen LogP contribution < -0.4 is 5.32 Å². The molecule has 138 valence electrons. The molecule has 4 rings (SSSR count). The topological polar surface area (TPSA) is 66.3 Å². The fourth-order valence-corrected chi connectivity index (χ4v) is 3.90. The van der Waals surface area contributed by atoms with E-state index in [0.717, 1.165) is 57.7 Å². The third-order valence-corrected chi connectivity index (χ3v) is 5.21. The summed E-state index contributed by atoms with van der Waals surface area (Å²) in [5.74, 6) is 0. The molecule has 2 amide bonds. The van der Waals surface area contributed by atoms with Crippen LogP contribution in [0.25, 0.3) is 0 Å². The van der Waals surface area contributed by atoms with Gasteiger partial charge in [0.05, 0.1) is 17.4 Å². The van der Waals surface area contributed by atoms with Gasteiger partial charge in [0.2, 0.25) is 0 Å². The van der Waals surface area contributed by atoms with Gasteiger partial charge in [-0.15, -0.1) is 0 Å². The molecule has 0 saturated carbocycles. The molecule has 1 saturated heterocycles. The molecule has 2 aliphatic heterocycles. The quantitative estimate of drug-likeness (QED) is 0.892. The van der Waals surface area contributed by atoms with Gasteiger partial charge in [-0.25, -0.2) is 4.79 Å². The number of fused-ring (bicyclic) bond motifs is 1. The molecule has 0 bridgehead atoms. The molecule has 2 aromatic rings. The summed E-state index contributed by atoms with van der Waals surface area (Å²) in [6.07, 6.45) is 6.83. The van der Waals surface area contributed by atoms with E-state index in [2.05, 4.69) is 37.1 Å². The van der Waals surface area contributed by atoms with Crippen LogP contribution in [0.3, 0.4) is 0 Å². The normalized spacial score (nSPS) is 20.2. The average Bonchev–Trinajstić information content (AvgIpc) is 3.34. The van der Waals surface area contributed by atoms with E-state index in [-0.39, 0.29) is 12.1 Å². The monoisotopic (exact) mass is 354 g/mol. The van der Waals surface area contributed by atoms with E-state index in [0.29, 0.717) is 6.54 Å². The Kier molecular flexibility index (Phi) is 5.15. The van der Waals surface area contributed by atoms with Crippen molar-refractivity contribution < 1.29 is 4.79 Å². The van der Waals surface area contributed by atoms with Crippen molar-refractivity contribution >= 4 is 6.03 Å². The standard InChI is InChI=1S/C19H26N6O/c26-19(24-11-3-4-12-24)21-9-6-17-14-23(13-16-5-1-2-8-20-16)15-18-7-10-22-25(17)18/h1-2,5,7-8,10,17H,3-4,6,9,11-15H2,(H,21,26)/t17-/m0/s1. The number of nitrogens with zero attached hydrogens (tertiary/aromatic N) is 5. The maximum absolute atomic E-state index is 12.2. The van der Waals surface area contributed by atoms with Gasteiger partial charge >= 0.3 is 6.03 Å². The number of urea groups is 1. The molecule has 2 aliphatic rings. The van der Waals surface area contributed by atoms with Gasteiger partial charge in [0, 0.05) is 51.7 Å². The van der Waals surface area contributed by atoms with E-state index in [1.165, 1.54) is 5.69 Å². The van der Waals surface area contributed by atoms with Crippen molar-refractivity contribution in [2.45, 2.75) is 38.4 Å². The zero-order valence-electron chi connectivity index (χ0n) is 15.0. The highest BCUT2D eigenvalue weighted by atomic mass is 16.2. The Bertz CT molecular complexity index is 725. The number of amides is 2. The van der Waals surface area contributed by atoms with Gasteiger partial charge in [0.25, 0.3) is 0 Å². The number of likely N-dealkylation sites (tertiary alicyclic amines) is 1. The first-order valence-corrected chi connectivity index (χ1v) is 9.47. The van der Waals surface area contributed by atoms with Crippen LogP contribution in [0.5, 0.6) is 0 Å². The molecule has 7 heteroatoms. The van der Waals surface area contributed by atoms with Crippen molar-refractivity contribution in [3.05, 3.63) is 48.0 Å². The Morgan fingerprint density at radius 2 is 2.08 bits per heavy atom. The zero-order chi connectivity index (χ0) is 17.8. The molecule has 0 aromatic carbocycles. The van der Waals surface area contributed by atoms with E-state index in [4.69, 9.17) is 0 Å². The highest BCUT2D eigenvalue weighted by molar-refractivity contribution is 5.74. The largest absolute Gasteiger partial charge is 0.338 e. The number of hydrogen-bond donors (Lipinski definition) is 1. The molecule has 0 aliphatic carbocycles. The molecule has 26 heavy (non-hydrogen) atoms. The summed E-state index contributed by atoms with van der Waals surface area (Å²) in [6.45, 7) is 5.09. The second kappa shape index (κ2) is 7.86. The first-order chi connectivity index (χ1) is 12.8. The SMILES string of the molecule is O=C(NCC[C@H]1CN(Cc2ccccn2)Cc2ccnn21)N1CCCC1. The summed E-state index contributed by atoms with van der Waals surface area (Å²) in [4.78, 5) is 20.9. The molecule has 1 fully saturated rings. The Hall–Kier alpha value is -2.41. The van der Waals surface area contributed by atoms with Gasteiger partial charge < -0.3 is 10.2 Å². The summed E-state index contributed by atoms with van der Waals surface area (Å²) in [5.41, 5.74) is 2.31. The third-order valence-electron chi connectivity index (χ3n) is 5.21. The van der Waals surface area contributed by atoms with Crippen molar-refractivity contribution in [3.63, 3.8) is 0 Å². The summed E-state index contributed by atoms with van der Waals surface area (Å²) in [5, 5.41) is 7.58. The predicted molar refractivity (Wildman–Crippen MR) is 98.4 cm³/mol. The summed E-state index contributed by atoms with van der Waals surface area (Å²) >= 11 is 0. The molecular formula is C19H26N6O. The number of carbonyl (C=O) groups excluding carboxylic acids is 1. The number of hydrogen-bond acceptors (Lipinski definition) is 4. The maximum atomic E-state index is 12.2. The van der Waals surface area contributed by atoms with Crippen LogP contribution >= 0.6 is 0 Å². The minimum absolute atomic E-state index is 0.0735. The third kappa shape index (κ3) is 3.88. The number of nitrogens with one attached hydrogen (secondary N) is 1. The van der Waals surface area contributed by atoms with Crippen LogP contribution in [-0.2, 0) is 13.1 Å². The fourth-order valence-electron chi connectivity index (χ4n) is 3.90. The highest BCUT2D eigenvalue weighted by Crippen LogP contribution is 2.23. The van der Waals surface area contributed by atoms with Crippen molar-refractivity contribution in [2.75, 3.05) is 26.2 Å². The van der Waals surface area contributed by atoms with Gasteiger partial charge in [-0.1, -0.05) is 6.07 Å². The van der Waals surface area contributed by atoms with Crippen LogP contribution in [-0.4, -0.2) is 56.8 Å². The van der Waals surface area contributed by atoms with Gasteiger partial charge in [0.1, 0.15) is 0 Å². The molecule has 1 atom stereocenters. The lowest BCUT2D eigenvalue weighted by molar-refractivity contribution is 0.158. The van der Waals surface area contributed by atoms with Crippen LogP contribution in [0.15, 0.2) is 36.7 Å². The second-order valence-electron chi connectivity index (χ2n) is 7.13. The van der Waals surface area contributed by atoms with Crippen LogP contribution in [0.4, 0.5) is 4.79 Å². The lowest BCUT2D eigenvalue weighted by atomic mass is 10.1. The Morgan fingerprint density at radius 1 is 1.19 bits per heavy atom. The van der Waals surface area contributed by atoms with Crippen molar-refractivity contribution in [1.29, 1.82) is 0 Å². The van der Waals surface area contributed by atoms with Gasteiger partial charge in [-0.3, -0.25) is 14.6 Å². The van der Waals surface area contributed by atoms with E-state index in [9.17, 15) is 4.79 Å². The van der Waals surface area contributed by atoms with E-state index >= 15 is 0 Å². The van der Waals surface area contributed by atoms with Crippen LogP contribution in [0.2, 0.25) is 0 Å². The summed E-state index contributed by atoms with van der Waals surface area (Å²) in [7, 11) is 0. The number of pyridine rings is 1. The Morgan fingerprint density at radius 3 is 2.88 bits per heavy atom. The van der Waals surface area contributed by atoms with Gasteiger partial charge in [0.15, 0.2) is 0 Å². The molecular weight excluding hydrogens is 328 g/mol. The molecule has 0 spiro atoms. The van der Waals surface area contributed by atoms with Crippen molar-refractivity contribution in [2.24, 2.45) is 0 Å². The smallest absolute Gasteiger partial charge is 0.317 e. The zero-order valence-corrected chi connectivity index (χ0v) is 15.0. The lowest BCUT2D eigenvalue weighted by Crippen LogP contribution is -2.41. The van der Waals surface area contributed by atoms with Crippen LogP contribution in [0, 0.1) is 0 Å². The Balaban J connectivity index is 1.35. The predicted octanol–water partition coefficient (Wildman–Crippen LogP) is 2.03. The number of rotatable bonds is 5. The van der Waals surface area contributed by atoms with E-state index < -0.39 is 0 Å². The average molecular weight is 354 g/mol. The Labute approximate surface area is 154 Å². The van der Waals surface area contributed by atoms with Crippen LogP contribution in [0.1, 0.15) is 36.7 Å². The van der Waals surface area contributed by atoms with Gasteiger partial charge in [-0.2, -0.15) is 5.10 Å². The number of aromatic nitrogens is 3. The minimum atomic E-state index is 0.0735. The number of carbonyl (C=O) groups is 1. The molecule has 7 nitrogen and oxygen atoms in total. The summed E-state index contributed by atoms with van der Waals surface area (Å²) in [6, 6.07) is 8.47. The summed E-state index contributed by atoms with van der Waals surface area (Å²) < 4.78 is 2.12. The second-order valence-corrected chi connectivity index (χ2v) is 7.13. The molecule has 1 N–H and O–H groups in total. The first kappa shape index (κ1) is 17.0.